The number of imidazole rings is 1. The van der Waals surface area contributed by atoms with Crippen LogP contribution < -0.4 is 11.1 Å². The quantitative estimate of drug-likeness (QED) is 0.753. The first-order chi connectivity index (χ1) is 9.24. The van der Waals surface area contributed by atoms with Gasteiger partial charge in [0, 0.05) is 12.2 Å². The van der Waals surface area contributed by atoms with Crippen molar-refractivity contribution >= 4 is 17.2 Å². The topological polar surface area (TPSA) is 68.2 Å². The number of benzene rings is 1. The third kappa shape index (κ3) is 2.38. The minimum absolute atomic E-state index is 0.267. The molecule has 0 aliphatic carbocycles. The zero-order valence-electron chi connectivity index (χ0n) is 10.0. The number of anilines is 2. The number of nitrogens with zero attached hydrogens (tertiary/aromatic N) is 3. The van der Waals surface area contributed by atoms with Gasteiger partial charge in [0.25, 0.3) is 0 Å². The maximum Gasteiger partial charge on any atom is 0.153 e. The zero-order valence-corrected chi connectivity index (χ0v) is 10.0. The highest BCUT2D eigenvalue weighted by Crippen LogP contribution is 2.15. The van der Waals surface area contributed by atoms with E-state index in [1.807, 2.05) is 12.1 Å². The molecule has 0 saturated carbocycles. The lowest BCUT2D eigenvalue weighted by Gasteiger charge is -2.05. The highest BCUT2D eigenvalue weighted by Gasteiger charge is 2.03. The van der Waals surface area contributed by atoms with Crippen molar-refractivity contribution in [3.8, 4) is 0 Å². The first-order valence-electron chi connectivity index (χ1n) is 5.82. The molecule has 0 fully saturated rings. The van der Waals surface area contributed by atoms with Crippen molar-refractivity contribution in [3.05, 3.63) is 54.1 Å². The molecule has 3 rings (SSSR count). The van der Waals surface area contributed by atoms with Crippen molar-refractivity contribution in [3.63, 3.8) is 0 Å². The van der Waals surface area contributed by atoms with E-state index in [-0.39, 0.29) is 5.82 Å². The molecule has 0 saturated heterocycles. The Hall–Kier alpha value is -2.47. The molecule has 6 heteroatoms. The SMILES string of the molecule is NCc1cn2nc(Nc3ccc(F)cc3)ccc2n1. The summed E-state index contributed by atoms with van der Waals surface area (Å²) in [5.41, 5.74) is 7.83. The molecular formula is C13H12FN5. The summed E-state index contributed by atoms with van der Waals surface area (Å²) in [6.45, 7) is 0.379. The van der Waals surface area contributed by atoms with Crippen LogP contribution in [0, 0.1) is 5.82 Å². The van der Waals surface area contributed by atoms with Crippen molar-refractivity contribution in [1.82, 2.24) is 14.6 Å². The van der Waals surface area contributed by atoms with Crippen LogP contribution in [0.3, 0.4) is 0 Å². The number of aromatic nitrogens is 3. The van der Waals surface area contributed by atoms with Gasteiger partial charge in [0.1, 0.15) is 5.82 Å². The van der Waals surface area contributed by atoms with Crippen LogP contribution in [0.25, 0.3) is 5.65 Å². The average Bonchev–Trinajstić information content (AvgIpc) is 2.83. The third-order valence-corrected chi connectivity index (χ3v) is 2.70. The summed E-state index contributed by atoms with van der Waals surface area (Å²) < 4.78 is 14.5. The molecule has 0 aliphatic rings. The molecule has 5 nitrogen and oxygen atoms in total. The Morgan fingerprint density at radius 2 is 1.95 bits per heavy atom. The molecule has 0 aliphatic heterocycles. The summed E-state index contributed by atoms with van der Waals surface area (Å²) in [6.07, 6.45) is 1.78. The molecule has 0 radical (unpaired) electrons. The van der Waals surface area contributed by atoms with E-state index in [2.05, 4.69) is 15.4 Å². The number of halogens is 1. The molecular weight excluding hydrogens is 245 g/mol. The van der Waals surface area contributed by atoms with Crippen LogP contribution in [0.5, 0.6) is 0 Å². The van der Waals surface area contributed by atoms with Gasteiger partial charge in [0.2, 0.25) is 0 Å². The fourth-order valence-corrected chi connectivity index (χ4v) is 1.78. The lowest BCUT2D eigenvalue weighted by molar-refractivity contribution is 0.628. The van der Waals surface area contributed by atoms with Gasteiger partial charge in [-0.15, -0.1) is 5.10 Å². The van der Waals surface area contributed by atoms with Crippen LogP contribution in [-0.4, -0.2) is 14.6 Å². The Morgan fingerprint density at radius 3 is 2.68 bits per heavy atom. The number of hydrogen-bond donors (Lipinski definition) is 2. The lowest BCUT2D eigenvalue weighted by Crippen LogP contribution is -1.98. The standard InChI is InChI=1S/C13H12FN5/c14-9-1-3-10(4-2-9)16-12-5-6-13-17-11(7-15)8-19(13)18-12/h1-6,8H,7,15H2,(H,16,18). The van der Waals surface area contributed by atoms with Gasteiger partial charge < -0.3 is 11.1 Å². The van der Waals surface area contributed by atoms with Gasteiger partial charge in [-0.25, -0.2) is 13.9 Å². The second-order valence-electron chi connectivity index (χ2n) is 4.09. The molecule has 2 aromatic heterocycles. The van der Waals surface area contributed by atoms with Crippen LogP contribution in [0.2, 0.25) is 0 Å². The van der Waals surface area contributed by atoms with E-state index in [4.69, 9.17) is 5.73 Å². The minimum atomic E-state index is -0.267. The first-order valence-corrected chi connectivity index (χ1v) is 5.82. The maximum atomic E-state index is 12.8. The predicted molar refractivity (Wildman–Crippen MR) is 70.6 cm³/mol. The van der Waals surface area contributed by atoms with Crippen LogP contribution in [0.1, 0.15) is 5.69 Å². The van der Waals surface area contributed by atoms with Gasteiger partial charge in [-0.1, -0.05) is 0 Å². The van der Waals surface area contributed by atoms with Crippen molar-refractivity contribution in [2.45, 2.75) is 6.54 Å². The van der Waals surface area contributed by atoms with E-state index in [1.54, 1.807) is 22.8 Å². The van der Waals surface area contributed by atoms with E-state index in [0.717, 1.165) is 17.0 Å². The Labute approximate surface area is 108 Å². The minimum Gasteiger partial charge on any atom is -0.339 e. The van der Waals surface area contributed by atoms with Crippen molar-refractivity contribution in [2.75, 3.05) is 5.32 Å². The second-order valence-corrected chi connectivity index (χ2v) is 4.09. The number of nitrogens with two attached hydrogens (primary N) is 1. The molecule has 2 heterocycles. The molecule has 19 heavy (non-hydrogen) atoms. The average molecular weight is 257 g/mol. The van der Waals surface area contributed by atoms with E-state index in [9.17, 15) is 4.39 Å². The van der Waals surface area contributed by atoms with E-state index < -0.39 is 0 Å². The van der Waals surface area contributed by atoms with Gasteiger partial charge in [0.05, 0.1) is 11.9 Å². The Balaban J connectivity index is 1.90. The fraction of sp³-hybridized carbons (Fsp3) is 0.0769. The maximum absolute atomic E-state index is 12.8. The number of rotatable bonds is 3. The summed E-state index contributed by atoms with van der Waals surface area (Å²) in [4.78, 5) is 4.29. The molecule has 96 valence electrons. The largest absolute Gasteiger partial charge is 0.339 e. The lowest BCUT2D eigenvalue weighted by atomic mass is 10.3. The molecule has 3 N–H and O–H groups in total. The molecule has 0 unspecified atom stereocenters. The second kappa shape index (κ2) is 4.66. The number of fused-ring (bicyclic) bond motifs is 1. The highest BCUT2D eigenvalue weighted by molar-refractivity contribution is 5.57. The van der Waals surface area contributed by atoms with E-state index in [1.165, 1.54) is 12.1 Å². The third-order valence-electron chi connectivity index (χ3n) is 2.70. The molecule has 0 amide bonds. The summed E-state index contributed by atoms with van der Waals surface area (Å²) in [5, 5.41) is 7.45. The van der Waals surface area contributed by atoms with Gasteiger partial charge >= 0.3 is 0 Å². The Morgan fingerprint density at radius 1 is 1.16 bits per heavy atom. The smallest absolute Gasteiger partial charge is 0.153 e. The fourth-order valence-electron chi connectivity index (χ4n) is 1.78. The van der Waals surface area contributed by atoms with E-state index >= 15 is 0 Å². The van der Waals surface area contributed by atoms with Crippen LogP contribution >= 0.6 is 0 Å². The Bertz CT molecular complexity index is 705. The summed E-state index contributed by atoms with van der Waals surface area (Å²) in [7, 11) is 0. The normalized spacial score (nSPS) is 10.8. The molecule has 0 atom stereocenters. The van der Waals surface area contributed by atoms with Crippen LogP contribution in [0.15, 0.2) is 42.6 Å². The molecule has 0 bridgehead atoms. The monoisotopic (exact) mass is 257 g/mol. The van der Waals surface area contributed by atoms with Crippen molar-refractivity contribution < 1.29 is 4.39 Å². The molecule has 3 aromatic rings. The van der Waals surface area contributed by atoms with Gasteiger partial charge in [-0.2, -0.15) is 0 Å². The van der Waals surface area contributed by atoms with Gasteiger partial charge in [-0.3, -0.25) is 0 Å². The Kier molecular flexibility index (Phi) is 2.85. The summed E-state index contributed by atoms with van der Waals surface area (Å²) in [5.74, 6) is 0.385. The number of nitrogens with one attached hydrogen (secondary N) is 1. The number of hydrogen-bond acceptors (Lipinski definition) is 4. The van der Waals surface area contributed by atoms with Crippen molar-refractivity contribution in [1.29, 1.82) is 0 Å². The van der Waals surface area contributed by atoms with Crippen LogP contribution in [0.4, 0.5) is 15.9 Å². The molecule has 0 spiro atoms. The van der Waals surface area contributed by atoms with Gasteiger partial charge in [-0.05, 0) is 36.4 Å². The summed E-state index contributed by atoms with van der Waals surface area (Å²) in [6, 6.07) is 9.75. The molecule has 1 aromatic carbocycles. The van der Waals surface area contributed by atoms with Gasteiger partial charge in [0.15, 0.2) is 11.5 Å². The van der Waals surface area contributed by atoms with Crippen molar-refractivity contribution in [2.24, 2.45) is 5.73 Å². The highest BCUT2D eigenvalue weighted by atomic mass is 19.1. The predicted octanol–water partition coefficient (Wildman–Crippen LogP) is 2.07. The van der Waals surface area contributed by atoms with Crippen LogP contribution in [-0.2, 0) is 6.54 Å². The summed E-state index contributed by atoms with van der Waals surface area (Å²) >= 11 is 0. The first kappa shape index (κ1) is 11.6. The zero-order chi connectivity index (χ0) is 13.2. The van der Waals surface area contributed by atoms with E-state index in [0.29, 0.717) is 12.4 Å².